The molecule has 0 amide bonds. The van der Waals surface area contributed by atoms with Crippen molar-refractivity contribution in [2.75, 3.05) is 5.75 Å². The molecule has 86 valence electrons. The van der Waals surface area contributed by atoms with E-state index >= 15 is 0 Å². The maximum atomic E-state index is 4.18. The van der Waals surface area contributed by atoms with E-state index in [0.29, 0.717) is 0 Å². The summed E-state index contributed by atoms with van der Waals surface area (Å²) in [5.74, 6) is 1.20. The van der Waals surface area contributed by atoms with Crippen LogP contribution in [0.2, 0.25) is 0 Å². The number of thioether (sulfide) groups is 1. The molecular weight excluding hydrogens is 204 g/mol. The first-order valence-electron chi connectivity index (χ1n) is 6.05. The SMILES string of the molecule is CCCCCCCCCSc1ncc[nH]1. The zero-order chi connectivity index (χ0) is 10.8. The number of hydrogen-bond donors (Lipinski definition) is 1. The topological polar surface area (TPSA) is 28.7 Å². The molecule has 1 rings (SSSR count). The molecule has 1 aromatic heterocycles. The predicted molar refractivity (Wildman–Crippen MR) is 67.3 cm³/mol. The number of unbranched alkanes of at least 4 members (excludes halogenated alkanes) is 6. The van der Waals surface area contributed by atoms with Crippen LogP contribution in [-0.2, 0) is 0 Å². The molecule has 0 unspecified atom stereocenters. The minimum atomic E-state index is 1.06. The first-order valence-corrected chi connectivity index (χ1v) is 7.04. The zero-order valence-corrected chi connectivity index (χ0v) is 10.5. The largest absolute Gasteiger partial charge is 0.340 e. The Bertz CT molecular complexity index is 222. The van der Waals surface area contributed by atoms with Gasteiger partial charge in [-0.1, -0.05) is 57.2 Å². The molecule has 0 saturated carbocycles. The molecule has 15 heavy (non-hydrogen) atoms. The quantitative estimate of drug-likeness (QED) is 0.503. The minimum Gasteiger partial charge on any atom is -0.340 e. The van der Waals surface area contributed by atoms with Crippen molar-refractivity contribution in [2.45, 2.75) is 57.0 Å². The molecule has 0 radical (unpaired) electrons. The number of rotatable bonds is 9. The van der Waals surface area contributed by atoms with E-state index < -0.39 is 0 Å². The lowest BCUT2D eigenvalue weighted by molar-refractivity contribution is 0.603. The molecule has 0 aliphatic rings. The van der Waals surface area contributed by atoms with Crippen LogP contribution in [0.1, 0.15) is 51.9 Å². The number of hydrogen-bond acceptors (Lipinski definition) is 2. The number of nitrogens with zero attached hydrogens (tertiary/aromatic N) is 1. The van der Waals surface area contributed by atoms with Crippen LogP contribution in [0.15, 0.2) is 17.6 Å². The van der Waals surface area contributed by atoms with Crippen molar-refractivity contribution in [3.63, 3.8) is 0 Å². The molecular formula is C12H22N2S. The van der Waals surface area contributed by atoms with Gasteiger partial charge in [-0.3, -0.25) is 0 Å². The fraction of sp³-hybridized carbons (Fsp3) is 0.750. The second kappa shape index (κ2) is 8.84. The number of imidazole rings is 1. The standard InChI is InChI=1S/C12H22N2S/c1-2-3-4-5-6-7-8-11-15-12-13-9-10-14-12/h9-10H,2-8,11H2,1H3,(H,13,14). The van der Waals surface area contributed by atoms with Crippen LogP contribution in [0, 0.1) is 0 Å². The summed E-state index contributed by atoms with van der Waals surface area (Å²) < 4.78 is 0. The Kier molecular flexibility index (Phi) is 7.44. The van der Waals surface area contributed by atoms with Crippen LogP contribution < -0.4 is 0 Å². The summed E-state index contributed by atoms with van der Waals surface area (Å²) in [6.45, 7) is 2.26. The summed E-state index contributed by atoms with van der Waals surface area (Å²) in [5.41, 5.74) is 0. The Hall–Kier alpha value is -0.440. The van der Waals surface area contributed by atoms with Crippen molar-refractivity contribution in [1.82, 2.24) is 9.97 Å². The molecule has 1 heterocycles. The Labute approximate surface area is 97.3 Å². The second-order valence-corrected chi connectivity index (χ2v) is 4.95. The molecule has 0 atom stereocenters. The third-order valence-corrected chi connectivity index (χ3v) is 3.45. The number of H-pyrrole nitrogens is 1. The van der Waals surface area contributed by atoms with E-state index in [1.54, 1.807) is 0 Å². The van der Waals surface area contributed by atoms with Crippen LogP contribution in [0.25, 0.3) is 0 Å². The molecule has 0 spiro atoms. The van der Waals surface area contributed by atoms with Crippen molar-refractivity contribution in [2.24, 2.45) is 0 Å². The van der Waals surface area contributed by atoms with Crippen molar-refractivity contribution in [3.8, 4) is 0 Å². The van der Waals surface area contributed by atoms with Crippen LogP contribution in [0.5, 0.6) is 0 Å². The summed E-state index contributed by atoms with van der Waals surface area (Å²) in [5, 5.41) is 1.06. The average molecular weight is 226 g/mol. The Morgan fingerprint density at radius 2 is 1.87 bits per heavy atom. The maximum Gasteiger partial charge on any atom is 0.165 e. The van der Waals surface area contributed by atoms with Crippen molar-refractivity contribution in [1.29, 1.82) is 0 Å². The van der Waals surface area contributed by atoms with E-state index in [-0.39, 0.29) is 0 Å². The van der Waals surface area contributed by atoms with Gasteiger partial charge in [-0.05, 0) is 6.42 Å². The normalized spacial score (nSPS) is 10.7. The van der Waals surface area contributed by atoms with Gasteiger partial charge in [0.15, 0.2) is 5.16 Å². The van der Waals surface area contributed by atoms with E-state index in [9.17, 15) is 0 Å². The highest BCUT2D eigenvalue weighted by atomic mass is 32.2. The van der Waals surface area contributed by atoms with E-state index in [4.69, 9.17) is 0 Å². The Balaban J connectivity index is 1.81. The van der Waals surface area contributed by atoms with Gasteiger partial charge in [0, 0.05) is 18.1 Å². The van der Waals surface area contributed by atoms with Gasteiger partial charge in [0.25, 0.3) is 0 Å². The van der Waals surface area contributed by atoms with E-state index in [1.165, 1.54) is 50.7 Å². The molecule has 1 N–H and O–H groups in total. The zero-order valence-electron chi connectivity index (χ0n) is 9.67. The summed E-state index contributed by atoms with van der Waals surface area (Å²) >= 11 is 1.83. The lowest BCUT2D eigenvalue weighted by atomic mass is 10.1. The number of aromatic amines is 1. The van der Waals surface area contributed by atoms with Gasteiger partial charge in [0.1, 0.15) is 0 Å². The van der Waals surface area contributed by atoms with Gasteiger partial charge in [-0.25, -0.2) is 4.98 Å². The highest BCUT2D eigenvalue weighted by Gasteiger charge is 1.95. The van der Waals surface area contributed by atoms with Gasteiger partial charge in [0.05, 0.1) is 0 Å². The van der Waals surface area contributed by atoms with Gasteiger partial charge in [0.2, 0.25) is 0 Å². The van der Waals surface area contributed by atoms with Gasteiger partial charge in [-0.2, -0.15) is 0 Å². The summed E-state index contributed by atoms with van der Waals surface area (Å²) in [7, 11) is 0. The maximum absolute atomic E-state index is 4.18. The second-order valence-electron chi connectivity index (χ2n) is 3.86. The van der Waals surface area contributed by atoms with Crippen LogP contribution >= 0.6 is 11.8 Å². The minimum absolute atomic E-state index is 1.06. The number of aromatic nitrogens is 2. The van der Waals surface area contributed by atoms with Gasteiger partial charge >= 0.3 is 0 Å². The first-order chi connectivity index (χ1) is 7.43. The Morgan fingerprint density at radius 1 is 1.13 bits per heavy atom. The molecule has 0 bridgehead atoms. The van der Waals surface area contributed by atoms with E-state index in [2.05, 4.69) is 16.9 Å². The fourth-order valence-electron chi connectivity index (χ4n) is 1.56. The molecule has 1 aromatic rings. The Morgan fingerprint density at radius 3 is 2.53 bits per heavy atom. The monoisotopic (exact) mass is 226 g/mol. The molecule has 0 saturated heterocycles. The van der Waals surface area contributed by atoms with Crippen LogP contribution in [-0.4, -0.2) is 15.7 Å². The van der Waals surface area contributed by atoms with E-state index in [0.717, 1.165) is 5.16 Å². The average Bonchev–Trinajstić information content (AvgIpc) is 2.75. The lowest BCUT2D eigenvalue weighted by Gasteiger charge is -2.00. The molecule has 0 aliphatic carbocycles. The first kappa shape index (κ1) is 12.6. The summed E-state index contributed by atoms with van der Waals surface area (Å²) in [6.07, 6.45) is 13.4. The molecule has 3 heteroatoms. The van der Waals surface area contributed by atoms with Gasteiger partial charge in [-0.15, -0.1) is 0 Å². The molecule has 0 fully saturated rings. The van der Waals surface area contributed by atoms with Crippen LogP contribution in [0.4, 0.5) is 0 Å². The fourth-order valence-corrected chi connectivity index (χ4v) is 2.39. The summed E-state index contributed by atoms with van der Waals surface area (Å²) in [4.78, 5) is 7.29. The third kappa shape index (κ3) is 6.61. The van der Waals surface area contributed by atoms with Gasteiger partial charge < -0.3 is 4.98 Å². The third-order valence-electron chi connectivity index (χ3n) is 2.46. The molecule has 2 nitrogen and oxygen atoms in total. The highest BCUT2D eigenvalue weighted by molar-refractivity contribution is 7.99. The predicted octanol–water partition coefficient (Wildman–Crippen LogP) is 4.25. The van der Waals surface area contributed by atoms with Crippen molar-refractivity contribution in [3.05, 3.63) is 12.4 Å². The summed E-state index contributed by atoms with van der Waals surface area (Å²) in [6, 6.07) is 0. The number of nitrogens with one attached hydrogen (secondary N) is 1. The molecule has 0 aliphatic heterocycles. The highest BCUT2D eigenvalue weighted by Crippen LogP contribution is 2.15. The van der Waals surface area contributed by atoms with E-state index in [1.807, 2.05) is 24.2 Å². The van der Waals surface area contributed by atoms with Crippen molar-refractivity contribution >= 4 is 11.8 Å². The lowest BCUT2D eigenvalue weighted by Crippen LogP contribution is -1.83. The molecule has 0 aromatic carbocycles. The van der Waals surface area contributed by atoms with Crippen molar-refractivity contribution < 1.29 is 0 Å². The van der Waals surface area contributed by atoms with Crippen LogP contribution in [0.3, 0.4) is 0 Å². The smallest absolute Gasteiger partial charge is 0.165 e.